The van der Waals surface area contributed by atoms with Crippen LogP contribution in [0.1, 0.15) is 17.5 Å². The van der Waals surface area contributed by atoms with E-state index in [4.69, 9.17) is 0 Å². The number of para-hydroxylation sites is 2. The highest BCUT2D eigenvalue weighted by atomic mass is 16.2. The first kappa shape index (κ1) is 14.5. The molecule has 0 spiro atoms. The van der Waals surface area contributed by atoms with Crippen molar-refractivity contribution >= 4 is 28.4 Å². The van der Waals surface area contributed by atoms with Crippen LogP contribution in [0.4, 0.5) is 5.82 Å². The number of carbonyl (C=O) groups excluding carboxylic acids is 1. The lowest BCUT2D eigenvalue weighted by molar-refractivity contribution is -0.127. The number of imidazole rings is 1. The molecule has 4 rings (SSSR count). The molecule has 6 nitrogen and oxygen atoms in total. The van der Waals surface area contributed by atoms with Gasteiger partial charge in [0.25, 0.3) is 0 Å². The monoisotopic (exact) mass is 319 g/mol. The lowest BCUT2D eigenvalue weighted by atomic mass is 10.1. The average Bonchev–Trinajstić information content (AvgIpc) is 3.10. The Bertz CT molecular complexity index is 1010. The summed E-state index contributed by atoms with van der Waals surface area (Å²) in [5.41, 5.74) is 3.79. The van der Waals surface area contributed by atoms with Crippen LogP contribution in [0.3, 0.4) is 0 Å². The second-order valence-electron chi connectivity index (χ2n) is 6.20. The van der Waals surface area contributed by atoms with Crippen molar-refractivity contribution in [3.63, 3.8) is 0 Å². The van der Waals surface area contributed by atoms with Gasteiger partial charge in [-0.15, -0.1) is 0 Å². The third kappa shape index (κ3) is 2.02. The molecule has 1 N–H and O–H groups in total. The molecule has 0 bridgehead atoms. The Balaban J connectivity index is 1.95. The molecule has 0 saturated carbocycles. The van der Waals surface area contributed by atoms with Crippen molar-refractivity contribution < 1.29 is 4.79 Å². The van der Waals surface area contributed by atoms with Gasteiger partial charge in [0.2, 0.25) is 5.91 Å². The number of hydrogen-bond acceptors (Lipinski definition) is 4. The number of rotatable bonds is 2. The van der Waals surface area contributed by atoms with Crippen LogP contribution in [0.25, 0.3) is 16.7 Å². The van der Waals surface area contributed by atoms with E-state index in [1.807, 2.05) is 48.7 Å². The van der Waals surface area contributed by atoms with Gasteiger partial charge in [-0.3, -0.25) is 9.20 Å². The van der Waals surface area contributed by atoms with Gasteiger partial charge < -0.3 is 10.2 Å². The number of aromatic nitrogens is 2. The van der Waals surface area contributed by atoms with Crippen molar-refractivity contribution in [2.45, 2.75) is 19.4 Å². The van der Waals surface area contributed by atoms with Crippen LogP contribution in [-0.4, -0.2) is 39.8 Å². The number of fused-ring (bicyclic) bond motifs is 3. The van der Waals surface area contributed by atoms with E-state index >= 15 is 0 Å². The lowest BCUT2D eigenvalue weighted by Gasteiger charge is -2.16. The molecule has 1 unspecified atom stereocenters. The van der Waals surface area contributed by atoms with Crippen molar-refractivity contribution in [2.75, 3.05) is 18.9 Å². The van der Waals surface area contributed by atoms with Gasteiger partial charge >= 0.3 is 0 Å². The van der Waals surface area contributed by atoms with Crippen LogP contribution in [0, 0.1) is 18.3 Å². The van der Waals surface area contributed by atoms with E-state index in [9.17, 15) is 10.1 Å². The van der Waals surface area contributed by atoms with Gasteiger partial charge in [0.15, 0.2) is 5.65 Å². The van der Waals surface area contributed by atoms with Crippen molar-refractivity contribution in [3.8, 4) is 6.07 Å². The molecule has 3 aromatic rings. The third-order valence-electron chi connectivity index (χ3n) is 4.63. The molecule has 1 saturated heterocycles. The number of hydrogen-bond donors (Lipinski definition) is 1. The molecule has 120 valence electrons. The molecule has 1 aliphatic rings. The van der Waals surface area contributed by atoms with Crippen molar-refractivity contribution in [1.29, 1.82) is 5.26 Å². The molecule has 1 atom stereocenters. The highest BCUT2D eigenvalue weighted by Gasteiger charge is 2.29. The van der Waals surface area contributed by atoms with E-state index in [-0.39, 0.29) is 11.9 Å². The minimum absolute atomic E-state index is 0.0922. The van der Waals surface area contributed by atoms with Crippen LogP contribution in [0.15, 0.2) is 30.3 Å². The summed E-state index contributed by atoms with van der Waals surface area (Å²) in [4.78, 5) is 18.6. The van der Waals surface area contributed by atoms with E-state index in [0.717, 1.165) is 35.4 Å². The van der Waals surface area contributed by atoms with E-state index < -0.39 is 0 Å². The number of aryl methyl sites for hydroxylation is 1. The molecular weight excluding hydrogens is 302 g/mol. The number of amides is 1. The van der Waals surface area contributed by atoms with Crippen LogP contribution in [0.5, 0.6) is 0 Å². The maximum Gasteiger partial charge on any atom is 0.244 e. The maximum absolute atomic E-state index is 12.2. The highest BCUT2D eigenvalue weighted by molar-refractivity contribution is 5.88. The van der Waals surface area contributed by atoms with Crippen LogP contribution in [-0.2, 0) is 4.79 Å². The number of likely N-dealkylation sites (N-methyl/N-ethyl adjacent to an activating group) is 1. The lowest BCUT2D eigenvalue weighted by Crippen LogP contribution is -2.31. The second-order valence-corrected chi connectivity index (χ2v) is 6.20. The van der Waals surface area contributed by atoms with Gasteiger partial charge in [0, 0.05) is 13.6 Å². The Morgan fingerprint density at radius 2 is 2.17 bits per heavy atom. The minimum atomic E-state index is -0.244. The van der Waals surface area contributed by atoms with Gasteiger partial charge in [-0.05, 0) is 37.1 Å². The SMILES string of the molecule is Cc1cc(NC2CCN(C)C2=O)n2c(nc3ccccc32)c1C#N. The number of nitriles is 1. The first-order valence-corrected chi connectivity index (χ1v) is 7.92. The van der Waals surface area contributed by atoms with Gasteiger partial charge in [-0.1, -0.05) is 12.1 Å². The Morgan fingerprint density at radius 1 is 1.38 bits per heavy atom. The summed E-state index contributed by atoms with van der Waals surface area (Å²) < 4.78 is 1.94. The quantitative estimate of drug-likeness (QED) is 0.786. The Kier molecular flexibility index (Phi) is 3.17. The Morgan fingerprint density at radius 3 is 2.88 bits per heavy atom. The summed E-state index contributed by atoms with van der Waals surface area (Å²) in [5.74, 6) is 0.887. The number of likely N-dealkylation sites (tertiary alicyclic amines) is 1. The largest absolute Gasteiger partial charge is 0.359 e. The Hall–Kier alpha value is -3.07. The van der Waals surface area contributed by atoms with Crippen molar-refractivity contribution in [3.05, 3.63) is 41.5 Å². The zero-order valence-electron chi connectivity index (χ0n) is 13.6. The smallest absolute Gasteiger partial charge is 0.244 e. The number of benzene rings is 1. The topological polar surface area (TPSA) is 73.4 Å². The Labute approximate surface area is 139 Å². The molecule has 6 heteroatoms. The van der Waals surface area contributed by atoms with Crippen LogP contribution in [0.2, 0.25) is 0 Å². The van der Waals surface area contributed by atoms with E-state index in [0.29, 0.717) is 11.2 Å². The molecule has 1 aromatic carbocycles. The first-order valence-electron chi connectivity index (χ1n) is 7.92. The summed E-state index contributed by atoms with van der Waals surface area (Å²) in [5, 5.41) is 12.9. The molecular formula is C18H17N5O. The summed E-state index contributed by atoms with van der Waals surface area (Å²) in [6.45, 7) is 2.64. The number of pyridine rings is 1. The molecule has 0 radical (unpaired) electrons. The van der Waals surface area contributed by atoms with Crippen molar-refractivity contribution in [1.82, 2.24) is 14.3 Å². The van der Waals surface area contributed by atoms with Gasteiger partial charge in [-0.2, -0.15) is 5.26 Å². The van der Waals surface area contributed by atoms with Gasteiger partial charge in [0.1, 0.15) is 17.9 Å². The molecule has 1 fully saturated rings. The average molecular weight is 319 g/mol. The molecule has 24 heavy (non-hydrogen) atoms. The predicted octanol–water partition coefficient (Wildman–Crippen LogP) is 2.31. The first-order chi connectivity index (χ1) is 11.6. The van der Waals surface area contributed by atoms with Crippen LogP contribution < -0.4 is 5.32 Å². The molecule has 1 amide bonds. The second kappa shape index (κ2) is 5.24. The minimum Gasteiger partial charge on any atom is -0.359 e. The normalized spacial score (nSPS) is 17.6. The summed E-state index contributed by atoms with van der Waals surface area (Å²) >= 11 is 0. The predicted molar refractivity (Wildman–Crippen MR) is 91.8 cm³/mol. The number of nitrogens with zero attached hydrogens (tertiary/aromatic N) is 4. The molecule has 0 aliphatic carbocycles. The van der Waals surface area contributed by atoms with Gasteiger partial charge in [0.05, 0.1) is 16.6 Å². The zero-order chi connectivity index (χ0) is 16.8. The van der Waals surface area contributed by atoms with Gasteiger partial charge in [-0.25, -0.2) is 4.98 Å². The van der Waals surface area contributed by atoms with E-state index in [1.54, 1.807) is 4.90 Å². The van der Waals surface area contributed by atoms with E-state index in [2.05, 4.69) is 16.4 Å². The fourth-order valence-electron chi connectivity index (χ4n) is 3.33. The maximum atomic E-state index is 12.2. The van der Waals surface area contributed by atoms with Crippen molar-refractivity contribution in [2.24, 2.45) is 0 Å². The number of carbonyl (C=O) groups is 1. The molecule has 3 heterocycles. The number of nitrogens with one attached hydrogen (secondary N) is 1. The zero-order valence-corrected chi connectivity index (χ0v) is 13.6. The highest BCUT2D eigenvalue weighted by Crippen LogP contribution is 2.27. The van der Waals surface area contributed by atoms with Crippen LogP contribution >= 0.6 is 0 Å². The van der Waals surface area contributed by atoms with E-state index in [1.165, 1.54) is 0 Å². The summed E-state index contributed by atoms with van der Waals surface area (Å²) in [7, 11) is 1.82. The number of anilines is 1. The molecule has 2 aromatic heterocycles. The summed E-state index contributed by atoms with van der Waals surface area (Å²) in [6.07, 6.45) is 0.766. The summed E-state index contributed by atoms with van der Waals surface area (Å²) in [6, 6.07) is 11.7. The third-order valence-corrected chi connectivity index (χ3v) is 4.63. The standard InChI is InChI=1S/C18H17N5O/c1-11-9-16(20-14-7-8-22(2)18(14)24)23-15-6-4-3-5-13(15)21-17(23)12(11)10-19/h3-6,9,14,20H,7-8H2,1-2H3. The fourth-order valence-corrected chi connectivity index (χ4v) is 3.33. The molecule has 1 aliphatic heterocycles. The fraction of sp³-hybridized carbons (Fsp3) is 0.278.